The van der Waals surface area contributed by atoms with Crippen molar-refractivity contribution in [3.8, 4) is 0 Å². The summed E-state index contributed by atoms with van der Waals surface area (Å²) in [6, 6.07) is 7.93. The van der Waals surface area contributed by atoms with E-state index < -0.39 is 28.5 Å². The molecule has 2 aromatic rings. The summed E-state index contributed by atoms with van der Waals surface area (Å²) in [6.07, 6.45) is 5.42. The van der Waals surface area contributed by atoms with E-state index in [4.69, 9.17) is 9.47 Å². The van der Waals surface area contributed by atoms with Gasteiger partial charge in [0.1, 0.15) is 4.88 Å². The lowest BCUT2D eigenvalue weighted by Gasteiger charge is -2.26. The first-order valence-corrected chi connectivity index (χ1v) is 13.0. The van der Waals surface area contributed by atoms with Gasteiger partial charge >= 0.3 is 5.97 Å². The molecular formula is C22H26N2O6S2. The second-order valence-corrected chi connectivity index (χ2v) is 10.9. The van der Waals surface area contributed by atoms with E-state index in [1.54, 1.807) is 12.1 Å². The van der Waals surface area contributed by atoms with Crippen LogP contribution in [-0.4, -0.2) is 57.5 Å². The largest absolute Gasteiger partial charge is 0.451 e. The number of aryl methyl sites for hydroxylation is 2. The molecule has 2 aliphatic rings. The Bertz CT molecular complexity index is 1070. The highest BCUT2D eigenvalue weighted by atomic mass is 32.2. The number of ether oxygens (including phenoxy) is 2. The molecule has 8 nitrogen and oxygen atoms in total. The number of hydrogen-bond acceptors (Lipinski definition) is 7. The molecular weight excluding hydrogens is 452 g/mol. The molecule has 1 N–H and O–H groups in total. The summed E-state index contributed by atoms with van der Waals surface area (Å²) in [6.45, 7) is 0.854. The summed E-state index contributed by atoms with van der Waals surface area (Å²) in [5.74, 6) is -1.04. The number of hydrogen-bond donors (Lipinski definition) is 1. The minimum absolute atomic E-state index is 0.0919. The molecule has 172 valence electrons. The maximum Gasteiger partial charge on any atom is 0.348 e. The van der Waals surface area contributed by atoms with Crippen molar-refractivity contribution in [3.63, 3.8) is 0 Å². The van der Waals surface area contributed by atoms with Gasteiger partial charge in [-0.25, -0.2) is 13.2 Å². The standard InChI is InChI=1S/C22H26N2O6S2/c25-21(15-30-22(26)20-13-16-5-2-1-3-8-19(16)31-20)23-17-6-4-7-18(14-17)32(27,28)24-9-11-29-12-10-24/h4,6-7,13-14H,1-3,5,8-12,15H2,(H,23,25). The van der Waals surface area contributed by atoms with Gasteiger partial charge in [0, 0.05) is 23.7 Å². The molecule has 1 aromatic heterocycles. The van der Waals surface area contributed by atoms with Crippen LogP contribution in [0.15, 0.2) is 35.2 Å². The maximum atomic E-state index is 12.8. The number of amides is 1. The number of esters is 1. The van der Waals surface area contributed by atoms with E-state index in [0.717, 1.165) is 25.7 Å². The number of thiophene rings is 1. The Balaban J connectivity index is 1.34. The number of anilines is 1. The monoisotopic (exact) mass is 478 g/mol. The Morgan fingerprint density at radius 2 is 1.88 bits per heavy atom. The fourth-order valence-electron chi connectivity index (χ4n) is 3.84. The Morgan fingerprint density at radius 3 is 2.69 bits per heavy atom. The molecule has 0 bridgehead atoms. The van der Waals surface area contributed by atoms with Crippen LogP contribution in [0.4, 0.5) is 5.69 Å². The molecule has 1 aliphatic carbocycles. The van der Waals surface area contributed by atoms with E-state index in [1.807, 2.05) is 6.07 Å². The Morgan fingerprint density at radius 1 is 1.09 bits per heavy atom. The second-order valence-electron chi connectivity index (χ2n) is 7.79. The van der Waals surface area contributed by atoms with E-state index in [0.29, 0.717) is 36.9 Å². The van der Waals surface area contributed by atoms with Crippen LogP contribution in [0.3, 0.4) is 0 Å². The predicted octanol–water partition coefficient (Wildman–Crippen LogP) is 2.83. The average molecular weight is 479 g/mol. The summed E-state index contributed by atoms with van der Waals surface area (Å²) >= 11 is 1.44. The minimum Gasteiger partial charge on any atom is -0.451 e. The molecule has 0 unspecified atom stereocenters. The maximum absolute atomic E-state index is 12.8. The first kappa shape index (κ1) is 22.9. The van der Waals surface area contributed by atoms with Crippen LogP contribution >= 0.6 is 11.3 Å². The van der Waals surface area contributed by atoms with Crippen LogP contribution in [0.2, 0.25) is 0 Å². The smallest absolute Gasteiger partial charge is 0.348 e. The van der Waals surface area contributed by atoms with Crippen LogP contribution in [-0.2, 0) is 37.1 Å². The number of rotatable bonds is 6. The highest BCUT2D eigenvalue weighted by Crippen LogP contribution is 2.29. The van der Waals surface area contributed by atoms with E-state index >= 15 is 0 Å². The zero-order valence-corrected chi connectivity index (χ0v) is 19.3. The summed E-state index contributed by atoms with van der Waals surface area (Å²) in [5, 5.41) is 2.60. The molecule has 4 rings (SSSR count). The van der Waals surface area contributed by atoms with E-state index in [1.165, 1.54) is 44.6 Å². The minimum atomic E-state index is -3.67. The number of benzene rings is 1. The lowest BCUT2D eigenvalue weighted by atomic mass is 10.1. The Hall–Kier alpha value is -2.27. The molecule has 32 heavy (non-hydrogen) atoms. The summed E-state index contributed by atoms with van der Waals surface area (Å²) in [4.78, 5) is 26.5. The molecule has 1 fully saturated rings. The molecule has 1 aliphatic heterocycles. The summed E-state index contributed by atoms with van der Waals surface area (Å²) in [7, 11) is -3.67. The van der Waals surface area contributed by atoms with Crippen molar-refractivity contribution in [1.82, 2.24) is 4.31 Å². The molecule has 0 radical (unpaired) electrons. The van der Waals surface area contributed by atoms with Crippen LogP contribution in [0.1, 0.15) is 39.4 Å². The van der Waals surface area contributed by atoms with Crippen LogP contribution in [0.5, 0.6) is 0 Å². The molecule has 2 heterocycles. The van der Waals surface area contributed by atoms with Gasteiger partial charge in [0.15, 0.2) is 6.61 Å². The number of morpholine rings is 1. The number of nitrogens with zero attached hydrogens (tertiary/aromatic N) is 1. The fraction of sp³-hybridized carbons (Fsp3) is 0.455. The van der Waals surface area contributed by atoms with Crippen molar-refractivity contribution < 1.29 is 27.5 Å². The fourth-order valence-corrected chi connectivity index (χ4v) is 6.44. The van der Waals surface area contributed by atoms with Crippen LogP contribution in [0.25, 0.3) is 0 Å². The average Bonchev–Trinajstić information content (AvgIpc) is 3.08. The normalized spacial score (nSPS) is 17.2. The van der Waals surface area contributed by atoms with Crippen molar-refractivity contribution in [1.29, 1.82) is 0 Å². The quantitative estimate of drug-likeness (QED) is 0.506. The molecule has 0 saturated carbocycles. The third-order valence-electron chi connectivity index (χ3n) is 5.51. The molecule has 0 atom stereocenters. The third kappa shape index (κ3) is 5.37. The van der Waals surface area contributed by atoms with Crippen LogP contribution < -0.4 is 5.32 Å². The number of fused-ring (bicyclic) bond motifs is 1. The molecule has 10 heteroatoms. The van der Waals surface area contributed by atoms with Crippen molar-refractivity contribution in [3.05, 3.63) is 45.6 Å². The van der Waals surface area contributed by atoms with E-state index in [2.05, 4.69) is 5.32 Å². The van der Waals surface area contributed by atoms with Gasteiger partial charge in [-0.15, -0.1) is 11.3 Å². The van der Waals surface area contributed by atoms with Gasteiger partial charge in [0.05, 0.1) is 18.1 Å². The summed E-state index contributed by atoms with van der Waals surface area (Å²) in [5.41, 5.74) is 1.53. The number of carbonyl (C=O) groups excluding carboxylic acids is 2. The van der Waals surface area contributed by atoms with Crippen molar-refractivity contribution in [2.75, 3.05) is 38.2 Å². The van der Waals surface area contributed by atoms with Gasteiger partial charge in [-0.05, 0) is 55.5 Å². The van der Waals surface area contributed by atoms with Gasteiger partial charge in [-0.3, -0.25) is 4.79 Å². The van der Waals surface area contributed by atoms with Crippen molar-refractivity contribution in [2.45, 2.75) is 37.0 Å². The van der Waals surface area contributed by atoms with Gasteiger partial charge in [0.25, 0.3) is 5.91 Å². The SMILES string of the molecule is O=C(COC(=O)c1cc2c(s1)CCCCC2)Nc1cccc(S(=O)(=O)N2CCOCC2)c1. The van der Waals surface area contributed by atoms with E-state index in [9.17, 15) is 18.0 Å². The lowest BCUT2D eigenvalue weighted by molar-refractivity contribution is -0.119. The van der Waals surface area contributed by atoms with E-state index in [-0.39, 0.29) is 4.90 Å². The summed E-state index contributed by atoms with van der Waals surface area (Å²) < 4.78 is 37.3. The van der Waals surface area contributed by atoms with Gasteiger partial charge in [0.2, 0.25) is 10.0 Å². The van der Waals surface area contributed by atoms with Crippen molar-refractivity contribution in [2.24, 2.45) is 0 Å². The highest BCUT2D eigenvalue weighted by molar-refractivity contribution is 7.89. The van der Waals surface area contributed by atoms with Crippen molar-refractivity contribution >= 4 is 38.9 Å². The molecule has 1 saturated heterocycles. The zero-order chi connectivity index (χ0) is 22.6. The highest BCUT2D eigenvalue weighted by Gasteiger charge is 2.26. The second kappa shape index (κ2) is 10.1. The van der Waals surface area contributed by atoms with Crippen LogP contribution in [0, 0.1) is 0 Å². The number of nitrogens with one attached hydrogen (secondary N) is 1. The van der Waals surface area contributed by atoms with Gasteiger partial charge < -0.3 is 14.8 Å². The first-order chi connectivity index (χ1) is 15.4. The predicted molar refractivity (Wildman–Crippen MR) is 121 cm³/mol. The first-order valence-electron chi connectivity index (χ1n) is 10.7. The molecule has 0 spiro atoms. The lowest BCUT2D eigenvalue weighted by Crippen LogP contribution is -2.40. The molecule has 1 aromatic carbocycles. The number of carbonyl (C=O) groups is 2. The third-order valence-corrected chi connectivity index (χ3v) is 8.62. The Labute approximate surface area is 191 Å². The topological polar surface area (TPSA) is 102 Å². The number of sulfonamides is 1. The zero-order valence-electron chi connectivity index (χ0n) is 17.7. The molecule has 1 amide bonds. The van der Waals surface area contributed by atoms with Gasteiger partial charge in [-0.1, -0.05) is 12.5 Å². The van der Waals surface area contributed by atoms with Gasteiger partial charge in [-0.2, -0.15) is 4.31 Å². The Kier molecular flexibility index (Phi) is 7.24.